The third kappa shape index (κ3) is 3.81. The monoisotopic (exact) mass is 409 g/mol. The summed E-state index contributed by atoms with van der Waals surface area (Å²) in [6, 6.07) is 13.7. The molecule has 2 aromatic heterocycles. The van der Waals surface area contributed by atoms with E-state index in [1.807, 2.05) is 54.8 Å². The first kappa shape index (κ1) is 18.7. The molecule has 5 nitrogen and oxygen atoms in total. The van der Waals surface area contributed by atoms with Crippen molar-refractivity contribution >= 4 is 50.9 Å². The van der Waals surface area contributed by atoms with Crippen LogP contribution >= 0.6 is 23.1 Å². The van der Waals surface area contributed by atoms with Crippen LogP contribution in [0.2, 0.25) is 0 Å². The second-order valence-electron chi connectivity index (χ2n) is 6.48. The number of aryl methyl sites for hydroxylation is 2. The van der Waals surface area contributed by atoms with Crippen molar-refractivity contribution in [1.82, 2.24) is 9.97 Å². The Labute approximate surface area is 171 Å². The smallest absolute Gasteiger partial charge is 0.257 e. The molecule has 0 fully saturated rings. The molecule has 1 amide bonds. The van der Waals surface area contributed by atoms with Crippen molar-refractivity contribution in [1.29, 1.82) is 0 Å². The average molecular weight is 410 g/mol. The van der Waals surface area contributed by atoms with Crippen LogP contribution in [0, 0.1) is 13.8 Å². The molecule has 4 rings (SSSR count). The van der Waals surface area contributed by atoms with Crippen molar-refractivity contribution in [3.05, 3.63) is 64.7 Å². The molecule has 0 aliphatic heterocycles. The lowest BCUT2D eigenvalue weighted by atomic mass is 10.1. The molecular formula is C21H19N3O2S2. The summed E-state index contributed by atoms with van der Waals surface area (Å²) < 4.78 is 5.74. The maximum Gasteiger partial charge on any atom is 0.257 e. The van der Waals surface area contributed by atoms with Crippen LogP contribution in [0.4, 0.5) is 10.8 Å². The van der Waals surface area contributed by atoms with Crippen molar-refractivity contribution in [2.24, 2.45) is 0 Å². The number of carbonyl (C=O) groups excluding carboxylic acids is 1. The van der Waals surface area contributed by atoms with Gasteiger partial charge in [-0.25, -0.2) is 9.97 Å². The lowest BCUT2D eigenvalue weighted by Crippen LogP contribution is -2.22. The fourth-order valence-corrected chi connectivity index (χ4v) is 4.53. The van der Waals surface area contributed by atoms with E-state index in [0.717, 1.165) is 28.0 Å². The number of rotatable bonds is 5. The predicted octanol–water partition coefficient (Wildman–Crippen LogP) is 5.88. The van der Waals surface area contributed by atoms with Gasteiger partial charge in [-0.2, -0.15) is 0 Å². The number of aromatic nitrogens is 2. The molecule has 0 spiro atoms. The van der Waals surface area contributed by atoms with E-state index in [1.165, 1.54) is 28.7 Å². The van der Waals surface area contributed by atoms with E-state index in [2.05, 4.69) is 16.9 Å². The molecule has 0 N–H and O–H groups in total. The minimum Gasteiger partial charge on any atom is -0.431 e. The number of benzene rings is 2. The molecule has 0 aliphatic carbocycles. The molecular weight excluding hydrogens is 390 g/mol. The zero-order valence-electron chi connectivity index (χ0n) is 15.8. The number of hydrogen-bond donors (Lipinski definition) is 0. The SMILES string of the molecule is CC(=O)N(c1ccc(C)c(C)c1)c1nc(CSc2nc3ccccc3o2)cs1. The van der Waals surface area contributed by atoms with Gasteiger partial charge in [-0.05, 0) is 49.2 Å². The third-order valence-corrected chi connectivity index (χ3v) is 6.15. The fraction of sp³-hybridized carbons (Fsp3) is 0.190. The number of thiazole rings is 1. The highest BCUT2D eigenvalue weighted by atomic mass is 32.2. The quantitative estimate of drug-likeness (QED) is 0.385. The van der Waals surface area contributed by atoms with E-state index >= 15 is 0 Å². The Morgan fingerprint density at radius 3 is 2.71 bits per heavy atom. The van der Waals surface area contributed by atoms with E-state index in [-0.39, 0.29) is 5.91 Å². The summed E-state index contributed by atoms with van der Waals surface area (Å²) in [5.74, 6) is 0.567. The topological polar surface area (TPSA) is 59.2 Å². The molecule has 0 saturated carbocycles. The molecule has 2 heterocycles. The minimum atomic E-state index is -0.0595. The lowest BCUT2D eigenvalue weighted by Gasteiger charge is -2.19. The Bertz CT molecular complexity index is 1120. The van der Waals surface area contributed by atoms with E-state index in [4.69, 9.17) is 4.42 Å². The molecule has 7 heteroatoms. The van der Waals surface area contributed by atoms with Crippen molar-refractivity contribution in [3.8, 4) is 0 Å². The summed E-state index contributed by atoms with van der Waals surface area (Å²) in [6.07, 6.45) is 0. The number of anilines is 2. The standard InChI is InChI=1S/C21H19N3O2S2/c1-13-8-9-17(10-14(13)2)24(15(3)25)20-22-16(11-27-20)12-28-21-23-18-6-4-5-7-19(18)26-21/h4-11H,12H2,1-3H3. The second kappa shape index (κ2) is 7.77. The Balaban J connectivity index is 1.53. The highest BCUT2D eigenvalue weighted by Crippen LogP contribution is 2.32. The Morgan fingerprint density at radius 2 is 1.96 bits per heavy atom. The van der Waals surface area contributed by atoms with Crippen molar-refractivity contribution < 1.29 is 9.21 Å². The lowest BCUT2D eigenvalue weighted by molar-refractivity contribution is -0.115. The Morgan fingerprint density at radius 1 is 1.14 bits per heavy atom. The Kier molecular flexibility index (Phi) is 5.19. The summed E-state index contributed by atoms with van der Waals surface area (Å²) in [5.41, 5.74) is 5.70. The van der Waals surface area contributed by atoms with E-state index < -0.39 is 0 Å². The van der Waals surface area contributed by atoms with Gasteiger partial charge in [0, 0.05) is 18.1 Å². The van der Waals surface area contributed by atoms with Crippen molar-refractivity contribution in [2.45, 2.75) is 31.7 Å². The van der Waals surface area contributed by atoms with Crippen LogP contribution in [-0.4, -0.2) is 15.9 Å². The first-order valence-corrected chi connectivity index (χ1v) is 10.7. The van der Waals surface area contributed by atoms with Gasteiger partial charge in [-0.3, -0.25) is 9.69 Å². The first-order valence-electron chi connectivity index (χ1n) is 8.82. The number of carbonyl (C=O) groups is 1. The summed E-state index contributed by atoms with van der Waals surface area (Å²) in [4.78, 5) is 23.1. The number of fused-ring (bicyclic) bond motifs is 1. The largest absolute Gasteiger partial charge is 0.431 e. The van der Waals surface area contributed by atoms with Crippen molar-refractivity contribution in [3.63, 3.8) is 0 Å². The highest BCUT2D eigenvalue weighted by molar-refractivity contribution is 7.98. The van der Waals surface area contributed by atoms with Crippen molar-refractivity contribution in [2.75, 3.05) is 4.90 Å². The summed E-state index contributed by atoms with van der Waals surface area (Å²) in [7, 11) is 0. The van der Waals surface area contributed by atoms with Crippen LogP contribution in [0.15, 0.2) is 57.5 Å². The number of hydrogen-bond acceptors (Lipinski definition) is 6. The van der Waals surface area contributed by atoms with Crippen LogP contribution < -0.4 is 4.90 Å². The van der Waals surface area contributed by atoms with Gasteiger partial charge in [0.15, 0.2) is 10.7 Å². The van der Waals surface area contributed by atoms with Crippen LogP contribution in [0.5, 0.6) is 0 Å². The van der Waals surface area contributed by atoms with Gasteiger partial charge >= 0.3 is 0 Å². The zero-order valence-corrected chi connectivity index (χ0v) is 17.4. The third-order valence-electron chi connectivity index (χ3n) is 4.41. The van der Waals surface area contributed by atoms with E-state index in [1.54, 1.807) is 11.8 Å². The number of para-hydroxylation sites is 2. The molecule has 4 aromatic rings. The minimum absolute atomic E-state index is 0.0595. The van der Waals surface area contributed by atoms with Crippen LogP contribution in [0.1, 0.15) is 23.7 Å². The summed E-state index contributed by atoms with van der Waals surface area (Å²) in [6.45, 7) is 5.66. The number of amides is 1. The molecule has 0 bridgehead atoms. The number of oxazole rings is 1. The van der Waals surface area contributed by atoms with E-state index in [9.17, 15) is 4.79 Å². The summed E-state index contributed by atoms with van der Waals surface area (Å²) >= 11 is 2.96. The van der Waals surface area contributed by atoms with Crippen LogP contribution in [0.25, 0.3) is 11.1 Å². The van der Waals surface area contributed by atoms with Crippen LogP contribution in [0.3, 0.4) is 0 Å². The van der Waals surface area contributed by atoms with E-state index in [0.29, 0.717) is 16.1 Å². The molecule has 142 valence electrons. The summed E-state index contributed by atoms with van der Waals surface area (Å²) in [5, 5.41) is 3.26. The Hall–Kier alpha value is -2.64. The average Bonchev–Trinajstić information content (AvgIpc) is 3.29. The molecule has 0 radical (unpaired) electrons. The van der Waals surface area contributed by atoms with Gasteiger partial charge in [0.1, 0.15) is 5.52 Å². The highest BCUT2D eigenvalue weighted by Gasteiger charge is 2.19. The van der Waals surface area contributed by atoms with Gasteiger partial charge in [0.2, 0.25) is 5.91 Å². The second-order valence-corrected chi connectivity index (χ2v) is 8.24. The molecule has 2 aromatic carbocycles. The van der Waals surface area contributed by atoms with Gasteiger partial charge in [0.25, 0.3) is 5.22 Å². The molecule has 0 aliphatic rings. The first-order chi connectivity index (χ1) is 13.5. The molecule has 0 saturated heterocycles. The number of thioether (sulfide) groups is 1. The molecule has 28 heavy (non-hydrogen) atoms. The maximum absolute atomic E-state index is 12.3. The maximum atomic E-state index is 12.3. The normalized spacial score (nSPS) is 11.1. The van der Waals surface area contributed by atoms with Gasteiger partial charge in [-0.15, -0.1) is 11.3 Å². The predicted molar refractivity (Wildman–Crippen MR) is 114 cm³/mol. The fourth-order valence-electron chi connectivity index (χ4n) is 2.81. The van der Waals surface area contributed by atoms with Gasteiger partial charge < -0.3 is 4.42 Å². The zero-order chi connectivity index (χ0) is 19.7. The van der Waals surface area contributed by atoms with Gasteiger partial charge in [-0.1, -0.05) is 30.0 Å². The van der Waals surface area contributed by atoms with Gasteiger partial charge in [0.05, 0.1) is 11.4 Å². The molecule has 0 atom stereocenters. The van der Waals surface area contributed by atoms with Crippen LogP contribution in [-0.2, 0) is 10.5 Å². The molecule has 0 unspecified atom stereocenters. The number of nitrogens with zero attached hydrogens (tertiary/aromatic N) is 3.